The smallest absolute Gasteiger partial charge is 0.0677 e. The number of halogens is 6. The highest BCUT2D eigenvalue weighted by molar-refractivity contribution is 7.81. The van der Waals surface area contributed by atoms with E-state index in [4.69, 9.17) is 69.6 Å². The highest BCUT2D eigenvalue weighted by Gasteiger charge is 2.58. The first-order chi connectivity index (χ1) is 8.29. The fraction of sp³-hybridized carbons (Fsp3) is 1.00. The van der Waals surface area contributed by atoms with Gasteiger partial charge in [-0.1, -0.05) is 0 Å². The fourth-order valence-electron chi connectivity index (χ4n) is 2.83. The van der Waals surface area contributed by atoms with Gasteiger partial charge in [0.1, 0.15) is 0 Å². The molecule has 0 amide bonds. The van der Waals surface area contributed by atoms with Gasteiger partial charge in [-0.25, -0.2) is 0 Å². The zero-order valence-electron chi connectivity index (χ0n) is 8.94. The Labute approximate surface area is 148 Å². The fourth-order valence-corrected chi connectivity index (χ4v) is 6.79. The van der Waals surface area contributed by atoms with Crippen LogP contribution in [0.3, 0.4) is 0 Å². The molecule has 0 bridgehead atoms. The molecule has 2 aliphatic carbocycles. The largest absolute Gasteiger partial charge is 0.174 e. The van der Waals surface area contributed by atoms with Crippen molar-refractivity contribution in [1.29, 1.82) is 0 Å². The Balaban J connectivity index is 2.36. The second-order valence-electron chi connectivity index (χ2n) is 4.80. The van der Waals surface area contributed by atoms with Crippen molar-refractivity contribution in [2.45, 2.75) is 42.8 Å². The molecule has 0 nitrogen and oxygen atoms in total. The second-order valence-corrected chi connectivity index (χ2v) is 9.02. The summed E-state index contributed by atoms with van der Waals surface area (Å²) < 4.78 is 0. The summed E-state index contributed by atoms with van der Waals surface area (Å²) >= 11 is 47.0. The predicted octanol–water partition coefficient (Wildman–Crippen LogP) is 4.49. The van der Waals surface area contributed by atoms with E-state index in [0.717, 1.165) is 0 Å². The first-order valence-corrected chi connectivity index (χ1v) is 9.14. The topological polar surface area (TPSA) is 0 Å². The average molecular weight is 409 g/mol. The van der Waals surface area contributed by atoms with Gasteiger partial charge in [-0.3, -0.25) is 0 Å². The zero-order chi connectivity index (χ0) is 13.8. The third kappa shape index (κ3) is 2.60. The minimum Gasteiger partial charge on any atom is -0.174 e. The molecule has 0 spiro atoms. The van der Waals surface area contributed by atoms with Crippen LogP contribution in [-0.2, 0) is 0 Å². The molecule has 0 radical (unpaired) electrons. The molecule has 2 fully saturated rings. The molecule has 0 saturated heterocycles. The standard InChI is InChI=1S/C10H12Cl6S2/c11-3-1-2(10(18)8(16)5(3)13)4(12)6(14)7(15)9(1)17/h1-10,17-18H. The summed E-state index contributed by atoms with van der Waals surface area (Å²) in [7, 11) is 0. The van der Waals surface area contributed by atoms with Gasteiger partial charge in [0, 0.05) is 10.5 Å². The molecule has 106 valence electrons. The van der Waals surface area contributed by atoms with Gasteiger partial charge in [0.2, 0.25) is 0 Å². The SMILES string of the molecule is SC1C(Cl)C(Cl)C(Cl)C2C(S)C(Cl)C(Cl)C(Cl)C12. The summed E-state index contributed by atoms with van der Waals surface area (Å²) in [6.45, 7) is 0. The van der Waals surface area contributed by atoms with Crippen LogP contribution in [0.4, 0.5) is 0 Å². The summed E-state index contributed by atoms with van der Waals surface area (Å²) in [5, 5.41) is -2.48. The Hall–Kier alpha value is 2.44. The third-order valence-corrected chi connectivity index (χ3v) is 9.33. The molecule has 2 rings (SSSR count). The lowest BCUT2D eigenvalue weighted by molar-refractivity contribution is 0.206. The van der Waals surface area contributed by atoms with Crippen LogP contribution in [0.25, 0.3) is 0 Å². The van der Waals surface area contributed by atoms with E-state index in [9.17, 15) is 0 Å². The highest BCUT2D eigenvalue weighted by atomic mass is 35.5. The van der Waals surface area contributed by atoms with Gasteiger partial charge < -0.3 is 0 Å². The monoisotopic (exact) mass is 406 g/mol. The molecule has 0 aromatic carbocycles. The van der Waals surface area contributed by atoms with Crippen LogP contribution in [0.2, 0.25) is 0 Å². The van der Waals surface area contributed by atoms with Crippen LogP contribution in [0.1, 0.15) is 0 Å². The molecule has 2 saturated carbocycles. The van der Waals surface area contributed by atoms with E-state index in [2.05, 4.69) is 25.3 Å². The number of fused-ring (bicyclic) bond motifs is 1. The normalized spacial score (nSPS) is 61.3. The van der Waals surface area contributed by atoms with E-state index >= 15 is 0 Å². The summed E-state index contributed by atoms with van der Waals surface area (Å²) in [4.78, 5) is 0. The molecule has 0 aromatic rings. The molecular weight excluding hydrogens is 397 g/mol. The van der Waals surface area contributed by atoms with Crippen LogP contribution >= 0.6 is 94.9 Å². The van der Waals surface area contributed by atoms with Crippen molar-refractivity contribution in [1.82, 2.24) is 0 Å². The first kappa shape index (κ1) is 16.8. The lowest BCUT2D eigenvalue weighted by Gasteiger charge is -2.53. The van der Waals surface area contributed by atoms with Crippen molar-refractivity contribution >= 4 is 94.9 Å². The highest BCUT2D eigenvalue weighted by Crippen LogP contribution is 2.53. The molecule has 0 aromatic heterocycles. The van der Waals surface area contributed by atoms with Crippen LogP contribution in [0, 0.1) is 11.8 Å². The molecule has 10 atom stereocenters. The van der Waals surface area contributed by atoms with E-state index < -0.39 is 0 Å². The molecule has 2 aliphatic rings. The van der Waals surface area contributed by atoms with E-state index in [0.29, 0.717) is 0 Å². The number of alkyl halides is 6. The number of thiol groups is 2. The van der Waals surface area contributed by atoms with Crippen molar-refractivity contribution in [3.8, 4) is 0 Å². The Bertz CT molecular complexity index is 261. The summed E-state index contributed by atoms with van der Waals surface area (Å²) in [5.74, 6) is -0.0926. The van der Waals surface area contributed by atoms with Crippen molar-refractivity contribution in [3.05, 3.63) is 0 Å². The zero-order valence-corrected chi connectivity index (χ0v) is 15.3. The second kappa shape index (κ2) is 6.28. The quantitative estimate of drug-likeness (QED) is 0.428. The lowest BCUT2D eigenvalue weighted by Crippen LogP contribution is -2.63. The molecule has 0 aliphatic heterocycles. The Morgan fingerprint density at radius 2 is 0.722 bits per heavy atom. The van der Waals surface area contributed by atoms with Gasteiger partial charge in [0.15, 0.2) is 0 Å². The maximum Gasteiger partial charge on any atom is 0.0677 e. The van der Waals surface area contributed by atoms with E-state index in [-0.39, 0.29) is 54.6 Å². The van der Waals surface area contributed by atoms with Gasteiger partial charge in [-0.15, -0.1) is 69.6 Å². The van der Waals surface area contributed by atoms with Gasteiger partial charge >= 0.3 is 0 Å². The Kier molecular flexibility index (Phi) is 5.86. The van der Waals surface area contributed by atoms with Crippen molar-refractivity contribution in [3.63, 3.8) is 0 Å². The van der Waals surface area contributed by atoms with Crippen molar-refractivity contribution < 1.29 is 0 Å². The van der Waals surface area contributed by atoms with Gasteiger partial charge in [-0.2, -0.15) is 25.3 Å². The van der Waals surface area contributed by atoms with Crippen LogP contribution in [0.5, 0.6) is 0 Å². The number of hydrogen-bond acceptors (Lipinski definition) is 2. The van der Waals surface area contributed by atoms with Crippen molar-refractivity contribution in [2.75, 3.05) is 0 Å². The molecule has 0 N–H and O–H groups in total. The summed E-state index contributed by atoms with van der Waals surface area (Å²) in [6, 6.07) is 0. The maximum absolute atomic E-state index is 6.41. The maximum atomic E-state index is 6.41. The first-order valence-electron chi connectivity index (χ1n) is 5.49. The average Bonchev–Trinajstić information content (AvgIpc) is 2.35. The predicted molar refractivity (Wildman–Crippen MR) is 90.4 cm³/mol. The molecule has 8 heteroatoms. The lowest BCUT2D eigenvalue weighted by atomic mass is 9.69. The van der Waals surface area contributed by atoms with E-state index in [1.807, 2.05) is 0 Å². The molecule has 0 heterocycles. The van der Waals surface area contributed by atoms with Crippen LogP contribution < -0.4 is 0 Å². The van der Waals surface area contributed by atoms with Crippen LogP contribution in [-0.4, -0.2) is 42.8 Å². The minimum atomic E-state index is -0.383. The summed E-state index contributed by atoms with van der Waals surface area (Å²) in [5.41, 5.74) is 0. The Morgan fingerprint density at radius 3 is 1.00 bits per heavy atom. The van der Waals surface area contributed by atoms with Gasteiger partial charge in [0.25, 0.3) is 0 Å². The third-order valence-electron chi connectivity index (χ3n) is 3.84. The van der Waals surface area contributed by atoms with Gasteiger partial charge in [-0.05, 0) is 11.8 Å². The molecule has 10 unspecified atom stereocenters. The molecular formula is C10H12Cl6S2. The van der Waals surface area contributed by atoms with E-state index in [1.54, 1.807) is 0 Å². The summed E-state index contributed by atoms with van der Waals surface area (Å²) in [6.07, 6.45) is 0. The van der Waals surface area contributed by atoms with Crippen LogP contribution in [0.15, 0.2) is 0 Å². The number of hydrogen-bond donors (Lipinski definition) is 2. The van der Waals surface area contributed by atoms with E-state index in [1.165, 1.54) is 0 Å². The Morgan fingerprint density at radius 1 is 0.444 bits per heavy atom. The minimum absolute atomic E-state index is 0.0463. The van der Waals surface area contributed by atoms with Gasteiger partial charge in [0.05, 0.1) is 32.3 Å². The molecule has 18 heavy (non-hydrogen) atoms. The van der Waals surface area contributed by atoms with Crippen molar-refractivity contribution in [2.24, 2.45) is 11.8 Å². The number of rotatable bonds is 0.